The van der Waals surface area contributed by atoms with Crippen molar-refractivity contribution in [1.82, 2.24) is 0 Å². The van der Waals surface area contributed by atoms with Gasteiger partial charge in [-0.3, -0.25) is 9.10 Å². The van der Waals surface area contributed by atoms with Crippen LogP contribution in [0.5, 0.6) is 11.5 Å². The third-order valence-corrected chi connectivity index (χ3v) is 7.04. The molecule has 33 heavy (non-hydrogen) atoms. The van der Waals surface area contributed by atoms with Crippen LogP contribution in [0.3, 0.4) is 0 Å². The van der Waals surface area contributed by atoms with Crippen LogP contribution in [0, 0.1) is 0 Å². The van der Waals surface area contributed by atoms with Crippen molar-refractivity contribution in [3.05, 3.63) is 77.3 Å². The first-order valence-electron chi connectivity index (χ1n) is 10.2. The first-order valence-corrected chi connectivity index (χ1v) is 12.0. The van der Waals surface area contributed by atoms with Gasteiger partial charge in [0.1, 0.15) is 6.54 Å². The van der Waals surface area contributed by atoms with Crippen molar-refractivity contribution in [3.8, 4) is 11.5 Å². The van der Waals surface area contributed by atoms with E-state index in [0.717, 1.165) is 16.3 Å². The molecule has 0 aliphatic carbocycles. The molecule has 174 valence electrons. The molecule has 7 nitrogen and oxygen atoms in total. The fourth-order valence-corrected chi connectivity index (χ4v) is 4.86. The number of sulfonamides is 1. The van der Waals surface area contributed by atoms with Gasteiger partial charge in [-0.15, -0.1) is 0 Å². The number of aryl methyl sites for hydroxylation is 1. The SMILES string of the molecule is CCc1ccccc1NC(=O)CN(c1ccc(Cl)cc1)S(=O)(=O)c1ccc(OC)c(OC)c1. The molecule has 0 saturated carbocycles. The maximum absolute atomic E-state index is 13.6. The molecule has 9 heteroatoms. The van der Waals surface area contributed by atoms with Gasteiger partial charge in [-0.1, -0.05) is 36.7 Å². The molecule has 0 saturated heterocycles. The Balaban J connectivity index is 1.99. The van der Waals surface area contributed by atoms with Crippen molar-refractivity contribution in [1.29, 1.82) is 0 Å². The fraction of sp³-hybridized carbons (Fsp3) is 0.208. The zero-order valence-electron chi connectivity index (χ0n) is 18.5. The summed E-state index contributed by atoms with van der Waals surface area (Å²) in [6.45, 7) is 1.54. The second kappa shape index (κ2) is 10.6. The number of methoxy groups -OCH3 is 2. The third-order valence-electron chi connectivity index (χ3n) is 5.02. The topological polar surface area (TPSA) is 84.9 Å². The van der Waals surface area contributed by atoms with E-state index in [1.165, 1.54) is 32.4 Å². The molecule has 0 aliphatic heterocycles. The van der Waals surface area contributed by atoms with Gasteiger partial charge in [-0.2, -0.15) is 0 Å². The second-order valence-electron chi connectivity index (χ2n) is 7.06. The highest BCUT2D eigenvalue weighted by atomic mass is 35.5. The van der Waals surface area contributed by atoms with Crippen molar-refractivity contribution >= 4 is 38.9 Å². The predicted octanol–water partition coefficient (Wildman–Crippen LogP) is 4.75. The molecule has 0 aromatic heterocycles. The van der Waals surface area contributed by atoms with Crippen molar-refractivity contribution in [2.45, 2.75) is 18.2 Å². The minimum Gasteiger partial charge on any atom is -0.493 e. The standard InChI is InChI=1S/C24H25ClN2O5S/c1-4-17-7-5-6-8-21(17)26-24(28)16-27(19-11-9-18(25)10-12-19)33(29,30)20-13-14-22(31-2)23(15-20)32-3/h5-15H,4,16H2,1-3H3,(H,26,28). The normalized spacial score (nSPS) is 11.0. The van der Waals surface area contributed by atoms with E-state index >= 15 is 0 Å². The molecule has 0 fully saturated rings. The number of anilines is 2. The number of carbonyl (C=O) groups is 1. The minimum absolute atomic E-state index is 0.0446. The summed E-state index contributed by atoms with van der Waals surface area (Å²) in [5.74, 6) is 0.175. The number of nitrogens with one attached hydrogen (secondary N) is 1. The molecule has 0 heterocycles. The summed E-state index contributed by atoms with van der Waals surface area (Å²) in [5.41, 5.74) is 1.89. The summed E-state index contributed by atoms with van der Waals surface area (Å²) in [4.78, 5) is 12.9. The van der Waals surface area contributed by atoms with Crippen LogP contribution in [0.1, 0.15) is 12.5 Å². The monoisotopic (exact) mass is 488 g/mol. The van der Waals surface area contributed by atoms with Crippen LogP contribution >= 0.6 is 11.6 Å². The first-order chi connectivity index (χ1) is 15.8. The number of nitrogens with zero attached hydrogens (tertiary/aromatic N) is 1. The van der Waals surface area contributed by atoms with Gasteiger partial charge in [0.25, 0.3) is 10.0 Å². The Kier molecular flexibility index (Phi) is 7.84. The summed E-state index contributed by atoms with van der Waals surface area (Å²) >= 11 is 5.99. The molecule has 0 spiro atoms. The van der Waals surface area contributed by atoms with Crippen LogP contribution in [0.25, 0.3) is 0 Å². The fourth-order valence-electron chi connectivity index (χ4n) is 3.30. The number of hydrogen-bond donors (Lipinski definition) is 1. The van der Waals surface area contributed by atoms with Crippen LogP contribution in [0.15, 0.2) is 71.6 Å². The zero-order valence-corrected chi connectivity index (χ0v) is 20.1. The van der Waals surface area contributed by atoms with Crippen molar-refractivity contribution in [2.75, 3.05) is 30.4 Å². The van der Waals surface area contributed by atoms with Gasteiger partial charge >= 0.3 is 0 Å². The Morgan fingerprint density at radius 2 is 1.64 bits per heavy atom. The lowest BCUT2D eigenvalue weighted by atomic mass is 10.1. The highest BCUT2D eigenvalue weighted by molar-refractivity contribution is 7.92. The van der Waals surface area contributed by atoms with Crippen LogP contribution in [0.4, 0.5) is 11.4 Å². The molecule has 0 bridgehead atoms. The molecule has 0 aliphatic rings. The molecular weight excluding hydrogens is 464 g/mol. The van der Waals surface area contributed by atoms with Crippen LogP contribution in [-0.4, -0.2) is 35.1 Å². The number of ether oxygens (including phenoxy) is 2. The van der Waals surface area contributed by atoms with Gasteiger partial charge < -0.3 is 14.8 Å². The van der Waals surface area contributed by atoms with E-state index in [9.17, 15) is 13.2 Å². The molecular formula is C24H25ClN2O5S. The zero-order chi connectivity index (χ0) is 24.0. The van der Waals surface area contributed by atoms with Crippen LogP contribution in [0.2, 0.25) is 5.02 Å². The summed E-state index contributed by atoms with van der Waals surface area (Å²) in [5, 5.41) is 3.27. The minimum atomic E-state index is -4.13. The van der Waals surface area contributed by atoms with Crippen molar-refractivity contribution < 1.29 is 22.7 Å². The van der Waals surface area contributed by atoms with Gasteiger partial charge in [-0.05, 0) is 54.4 Å². The summed E-state index contributed by atoms with van der Waals surface area (Å²) in [6, 6.07) is 17.9. The Hall–Kier alpha value is -3.23. The number of halogens is 1. The highest BCUT2D eigenvalue weighted by Crippen LogP contribution is 2.32. The quantitative estimate of drug-likeness (QED) is 0.469. The van der Waals surface area contributed by atoms with Gasteiger partial charge in [-0.25, -0.2) is 8.42 Å². The Morgan fingerprint density at radius 1 is 0.970 bits per heavy atom. The van der Waals surface area contributed by atoms with Gasteiger partial charge in [0.05, 0.1) is 24.8 Å². The number of amides is 1. The van der Waals surface area contributed by atoms with E-state index in [4.69, 9.17) is 21.1 Å². The molecule has 0 atom stereocenters. The van der Waals surface area contributed by atoms with Crippen molar-refractivity contribution in [3.63, 3.8) is 0 Å². The number of benzene rings is 3. The van der Waals surface area contributed by atoms with E-state index in [-0.39, 0.29) is 10.6 Å². The molecule has 3 aromatic rings. The van der Waals surface area contributed by atoms with E-state index in [0.29, 0.717) is 22.1 Å². The molecule has 3 rings (SSSR count). The number of para-hydroxylation sites is 1. The van der Waals surface area contributed by atoms with Gasteiger partial charge in [0, 0.05) is 16.8 Å². The van der Waals surface area contributed by atoms with Crippen molar-refractivity contribution in [2.24, 2.45) is 0 Å². The van der Waals surface area contributed by atoms with E-state index in [2.05, 4.69) is 5.32 Å². The van der Waals surface area contributed by atoms with Gasteiger partial charge in [0.2, 0.25) is 5.91 Å². The average Bonchev–Trinajstić information content (AvgIpc) is 2.83. The smallest absolute Gasteiger partial charge is 0.264 e. The summed E-state index contributed by atoms with van der Waals surface area (Å²) in [6.07, 6.45) is 0.724. The van der Waals surface area contributed by atoms with E-state index in [1.54, 1.807) is 30.3 Å². The predicted molar refractivity (Wildman–Crippen MR) is 130 cm³/mol. The highest BCUT2D eigenvalue weighted by Gasteiger charge is 2.28. The van der Waals surface area contributed by atoms with Crippen LogP contribution < -0.4 is 19.1 Å². The molecule has 1 amide bonds. The maximum Gasteiger partial charge on any atom is 0.264 e. The third kappa shape index (κ3) is 5.58. The largest absolute Gasteiger partial charge is 0.493 e. The Labute approximate surface area is 198 Å². The Bertz CT molecular complexity index is 1230. The number of rotatable bonds is 9. The van der Waals surface area contributed by atoms with E-state index in [1.807, 2.05) is 25.1 Å². The molecule has 0 radical (unpaired) electrons. The Morgan fingerprint density at radius 3 is 2.27 bits per heavy atom. The van der Waals surface area contributed by atoms with Crippen LogP contribution in [-0.2, 0) is 21.2 Å². The van der Waals surface area contributed by atoms with Gasteiger partial charge in [0.15, 0.2) is 11.5 Å². The molecule has 1 N–H and O–H groups in total. The lowest BCUT2D eigenvalue weighted by Gasteiger charge is -2.25. The number of hydrogen-bond acceptors (Lipinski definition) is 5. The first kappa shape index (κ1) is 24.4. The summed E-state index contributed by atoms with van der Waals surface area (Å²) < 4.78 is 38.7. The number of carbonyl (C=O) groups excluding carboxylic acids is 1. The maximum atomic E-state index is 13.6. The lowest BCUT2D eigenvalue weighted by molar-refractivity contribution is -0.114. The van der Waals surface area contributed by atoms with E-state index < -0.39 is 22.5 Å². The molecule has 3 aromatic carbocycles. The average molecular weight is 489 g/mol. The lowest BCUT2D eigenvalue weighted by Crippen LogP contribution is -2.38. The second-order valence-corrected chi connectivity index (χ2v) is 9.36. The molecule has 0 unspecified atom stereocenters. The summed E-state index contributed by atoms with van der Waals surface area (Å²) in [7, 11) is -1.25.